The molecule has 7 heteroatoms. The SMILES string of the molecule is Cc1ccnc(NC(=O)CN2C(=O)NC3(CCC(C)CC3)C2=O)c1. The van der Waals surface area contributed by atoms with Gasteiger partial charge in [0.1, 0.15) is 17.9 Å². The lowest BCUT2D eigenvalue weighted by Gasteiger charge is -2.33. The van der Waals surface area contributed by atoms with Crippen LogP contribution in [-0.2, 0) is 9.59 Å². The molecule has 4 amide bonds. The maximum absolute atomic E-state index is 12.7. The first-order valence-corrected chi connectivity index (χ1v) is 8.26. The van der Waals surface area contributed by atoms with E-state index in [9.17, 15) is 14.4 Å². The zero-order valence-electron chi connectivity index (χ0n) is 14.0. The summed E-state index contributed by atoms with van der Waals surface area (Å²) in [4.78, 5) is 42.1. The lowest BCUT2D eigenvalue weighted by atomic mass is 9.77. The zero-order chi connectivity index (χ0) is 17.3. The highest BCUT2D eigenvalue weighted by atomic mass is 16.2. The van der Waals surface area contributed by atoms with Gasteiger partial charge in [-0.2, -0.15) is 0 Å². The summed E-state index contributed by atoms with van der Waals surface area (Å²) in [5, 5.41) is 5.44. The number of nitrogens with one attached hydrogen (secondary N) is 2. The van der Waals surface area contributed by atoms with Crippen molar-refractivity contribution in [2.75, 3.05) is 11.9 Å². The monoisotopic (exact) mass is 330 g/mol. The van der Waals surface area contributed by atoms with Crippen molar-refractivity contribution in [2.24, 2.45) is 5.92 Å². The Morgan fingerprint density at radius 3 is 2.79 bits per heavy atom. The van der Waals surface area contributed by atoms with E-state index in [0.29, 0.717) is 24.6 Å². The van der Waals surface area contributed by atoms with E-state index in [1.807, 2.05) is 13.0 Å². The van der Waals surface area contributed by atoms with Crippen LogP contribution in [0, 0.1) is 12.8 Å². The lowest BCUT2D eigenvalue weighted by Crippen LogP contribution is -2.49. The highest BCUT2D eigenvalue weighted by Crippen LogP contribution is 2.36. The van der Waals surface area contributed by atoms with E-state index in [2.05, 4.69) is 22.5 Å². The predicted octanol–water partition coefficient (Wildman–Crippen LogP) is 1.83. The fourth-order valence-electron chi connectivity index (χ4n) is 3.34. The predicted molar refractivity (Wildman–Crippen MR) is 88.2 cm³/mol. The number of imide groups is 1. The summed E-state index contributed by atoms with van der Waals surface area (Å²) in [6.45, 7) is 3.74. The van der Waals surface area contributed by atoms with E-state index in [0.717, 1.165) is 23.3 Å². The van der Waals surface area contributed by atoms with Gasteiger partial charge in [-0.15, -0.1) is 0 Å². The van der Waals surface area contributed by atoms with Crippen LogP contribution in [0.25, 0.3) is 0 Å². The first kappa shape index (κ1) is 16.4. The molecule has 24 heavy (non-hydrogen) atoms. The van der Waals surface area contributed by atoms with Crippen LogP contribution in [0.15, 0.2) is 18.3 Å². The van der Waals surface area contributed by atoms with Gasteiger partial charge in [0.05, 0.1) is 0 Å². The molecule has 1 aliphatic carbocycles. The van der Waals surface area contributed by atoms with E-state index >= 15 is 0 Å². The summed E-state index contributed by atoms with van der Waals surface area (Å²) >= 11 is 0. The Bertz CT molecular complexity index is 680. The molecule has 1 saturated carbocycles. The lowest BCUT2D eigenvalue weighted by molar-refractivity contribution is -0.135. The van der Waals surface area contributed by atoms with Gasteiger partial charge in [0, 0.05) is 6.20 Å². The largest absolute Gasteiger partial charge is 0.325 e. The third-order valence-electron chi connectivity index (χ3n) is 4.86. The van der Waals surface area contributed by atoms with Crippen molar-refractivity contribution >= 4 is 23.7 Å². The van der Waals surface area contributed by atoms with Crippen molar-refractivity contribution in [3.8, 4) is 0 Å². The van der Waals surface area contributed by atoms with Gasteiger partial charge in [-0.3, -0.25) is 14.5 Å². The fraction of sp³-hybridized carbons (Fsp3) is 0.529. The van der Waals surface area contributed by atoms with Crippen LogP contribution in [0.2, 0.25) is 0 Å². The second-order valence-corrected chi connectivity index (χ2v) is 6.85. The number of amides is 4. The highest BCUT2D eigenvalue weighted by Gasteiger charge is 2.52. The number of carbonyl (C=O) groups excluding carboxylic acids is 3. The molecule has 2 N–H and O–H groups in total. The Hall–Kier alpha value is -2.44. The van der Waals surface area contributed by atoms with E-state index in [-0.39, 0.29) is 12.5 Å². The number of anilines is 1. The van der Waals surface area contributed by atoms with Gasteiger partial charge in [0.2, 0.25) is 5.91 Å². The second-order valence-electron chi connectivity index (χ2n) is 6.85. The summed E-state index contributed by atoms with van der Waals surface area (Å²) in [7, 11) is 0. The third-order valence-corrected chi connectivity index (χ3v) is 4.86. The molecular formula is C17H22N4O3. The summed E-state index contributed by atoms with van der Waals surface area (Å²) in [5.74, 6) is 0.253. The van der Waals surface area contributed by atoms with Crippen molar-refractivity contribution in [1.29, 1.82) is 0 Å². The van der Waals surface area contributed by atoms with Crippen molar-refractivity contribution in [3.05, 3.63) is 23.9 Å². The molecule has 0 aromatic carbocycles. The van der Waals surface area contributed by atoms with Crippen LogP contribution in [0.5, 0.6) is 0 Å². The van der Waals surface area contributed by atoms with Gasteiger partial charge in [-0.05, 0) is 56.2 Å². The Kier molecular flexibility index (Phi) is 4.26. The molecule has 1 spiro atoms. The van der Waals surface area contributed by atoms with Crippen molar-refractivity contribution in [1.82, 2.24) is 15.2 Å². The molecule has 1 aliphatic heterocycles. The van der Waals surface area contributed by atoms with Gasteiger partial charge in [0.15, 0.2) is 0 Å². The smallest absolute Gasteiger partial charge is 0.323 e. The van der Waals surface area contributed by atoms with Crippen LogP contribution >= 0.6 is 0 Å². The number of aromatic nitrogens is 1. The summed E-state index contributed by atoms with van der Waals surface area (Å²) < 4.78 is 0. The van der Waals surface area contributed by atoms with E-state index in [4.69, 9.17) is 0 Å². The average Bonchev–Trinajstić information content (AvgIpc) is 2.75. The normalized spacial score (nSPS) is 26.6. The molecule has 0 unspecified atom stereocenters. The first-order valence-electron chi connectivity index (χ1n) is 8.26. The molecular weight excluding hydrogens is 308 g/mol. The molecule has 2 fully saturated rings. The van der Waals surface area contributed by atoms with Crippen LogP contribution in [0.4, 0.5) is 10.6 Å². The molecule has 1 aromatic heterocycles. The molecule has 0 atom stereocenters. The molecule has 2 heterocycles. The van der Waals surface area contributed by atoms with Gasteiger partial charge in [0.25, 0.3) is 5.91 Å². The number of nitrogens with zero attached hydrogens (tertiary/aromatic N) is 2. The number of pyridine rings is 1. The molecule has 2 aliphatic rings. The molecule has 1 aromatic rings. The number of urea groups is 1. The minimum Gasteiger partial charge on any atom is -0.323 e. The summed E-state index contributed by atoms with van der Waals surface area (Å²) in [5.41, 5.74) is 0.149. The molecule has 1 saturated heterocycles. The van der Waals surface area contributed by atoms with Gasteiger partial charge in [-0.1, -0.05) is 6.92 Å². The number of aryl methyl sites for hydroxylation is 1. The number of rotatable bonds is 3. The molecule has 7 nitrogen and oxygen atoms in total. The Labute approximate surface area is 140 Å². The Morgan fingerprint density at radius 2 is 2.12 bits per heavy atom. The average molecular weight is 330 g/mol. The molecule has 0 radical (unpaired) electrons. The van der Waals surface area contributed by atoms with Gasteiger partial charge < -0.3 is 10.6 Å². The maximum atomic E-state index is 12.7. The third kappa shape index (κ3) is 3.11. The van der Waals surface area contributed by atoms with Crippen molar-refractivity contribution in [3.63, 3.8) is 0 Å². The fourth-order valence-corrected chi connectivity index (χ4v) is 3.34. The highest BCUT2D eigenvalue weighted by molar-refractivity contribution is 6.10. The second kappa shape index (κ2) is 6.22. The number of hydrogen-bond donors (Lipinski definition) is 2. The van der Waals surface area contributed by atoms with E-state index in [1.54, 1.807) is 12.3 Å². The first-order chi connectivity index (χ1) is 11.4. The molecule has 0 bridgehead atoms. The quantitative estimate of drug-likeness (QED) is 0.827. The van der Waals surface area contributed by atoms with Gasteiger partial charge in [-0.25, -0.2) is 9.78 Å². The van der Waals surface area contributed by atoms with Crippen molar-refractivity contribution in [2.45, 2.75) is 45.1 Å². The maximum Gasteiger partial charge on any atom is 0.325 e. The summed E-state index contributed by atoms with van der Waals surface area (Å²) in [6, 6.07) is 3.07. The number of carbonyl (C=O) groups is 3. The van der Waals surface area contributed by atoms with Crippen LogP contribution in [-0.4, -0.2) is 39.8 Å². The van der Waals surface area contributed by atoms with E-state index < -0.39 is 17.5 Å². The minimum atomic E-state index is -0.814. The number of hydrogen-bond acceptors (Lipinski definition) is 4. The topological polar surface area (TPSA) is 91.4 Å². The van der Waals surface area contributed by atoms with Gasteiger partial charge >= 0.3 is 6.03 Å². The standard InChI is InChI=1S/C17H22N4O3/c1-11-3-6-17(7-4-11)15(23)21(16(24)20-17)10-14(22)19-13-9-12(2)5-8-18-13/h5,8-9,11H,3-4,6-7,10H2,1-2H3,(H,20,24)(H,18,19,22). The summed E-state index contributed by atoms with van der Waals surface area (Å²) in [6.07, 6.45) is 4.67. The minimum absolute atomic E-state index is 0.285. The zero-order valence-corrected chi connectivity index (χ0v) is 14.0. The van der Waals surface area contributed by atoms with Crippen LogP contribution in [0.3, 0.4) is 0 Å². The van der Waals surface area contributed by atoms with Crippen LogP contribution in [0.1, 0.15) is 38.2 Å². The van der Waals surface area contributed by atoms with Crippen molar-refractivity contribution < 1.29 is 14.4 Å². The van der Waals surface area contributed by atoms with Crippen LogP contribution < -0.4 is 10.6 Å². The Balaban J connectivity index is 1.65. The van der Waals surface area contributed by atoms with E-state index in [1.165, 1.54) is 0 Å². The Morgan fingerprint density at radius 1 is 1.42 bits per heavy atom. The molecule has 3 rings (SSSR count). The molecule has 128 valence electrons.